The van der Waals surface area contributed by atoms with Gasteiger partial charge in [-0.2, -0.15) is 0 Å². The van der Waals surface area contributed by atoms with Crippen LogP contribution in [0.4, 0.5) is 0 Å². The zero-order valence-electron chi connectivity index (χ0n) is 8.47. The van der Waals surface area contributed by atoms with Crippen LogP contribution in [0.3, 0.4) is 0 Å². The van der Waals surface area contributed by atoms with Crippen molar-refractivity contribution in [3.8, 4) is 0 Å². The van der Waals surface area contributed by atoms with Crippen molar-refractivity contribution in [3.63, 3.8) is 0 Å². The highest BCUT2D eigenvalue weighted by atomic mass is 16.5. The molecule has 0 heterocycles. The fraction of sp³-hybridized carbons (Fsp3) is 1.00. The maximum absolute atomic E-state index is 5.36. The Balaban J connectivity index is 2.73. The van der Waals surface area contributed by atoms with Gasteiger partial charge in [0.1, 0.15) is 0 Å². The van der Waals surface area contributed by atoms with Gasteiger partial charge in [-0.25, -0.2) is 0 Å². The van der Waals surface area contributed by atoms with Gasteiger partial charge in [0.15, 0.2) is 0 Å². The summed E-state index contributed by atoms with van der Waals surface area (Å²) in [5.74, 6) is 0. The molecule has 0 aliphatic rings. The maximum atomic E-state index is 5.36. The lowest BCUT2D eigenvalue weighted by molar-refractivity contribution is 0.0513. The van der Waals surface area contributed by atoms with Crippen LogP contribution in [0.15, 0.2) is 0 Å². The van der Waals surface area contributed by atoms with Gasteiger partial charge in [0.2, 0.25) is 0 Å². The minimum atomic E-state index is 0.740. The van der Waals surface area contributed by atoms with Crippen LogP contribution < -0.4 is 0 Å². The Morgan fingerprint density at radius 3 is 2.17 bits per heavy atom. The van der Waals surface area contributed by atoms with Crippen LogP contribution in [-0.2, 0) is 9.47 Å². The molecule has 0 saturated carbocycles. The summed E-state index contributed by atoms with van der Waals surface area (Å²) >= 11 is 0. The Hall–Kier alpha value is -0.0800. The lowest BCUT2D eigenvalue weighted by atomic mass is 10.2. The molecule has 0 atom stereocenters. The topological polar surface area (TPSA) is 18.5 Å². The standard InChI is InChI=1S/C10H22O2/c1-3-5-6-7-8-12-10-9-11-4-2/h3-10H2,1-2H3. The van der Waals surface area contributed by atoms with E-state index in [9.17, 15) is 0 Å². The molecule has 0 saturated heterocycles. The molecular weight excluding hydrogens is 152 g/mol. The third-order valence-electron chi connectivity index (χ3n) is 1.72. The van der Waals surface area contributed by atoms with Crippen molar-refractivity contribution in [2.24, 2.45) is 0 Å². The largest absolute Gasteiger partial charge is 0.379 e. The van der Waals surface area contributed by atoms with E-state index in [-0.39, 0.29) is 0 Å². The lowest BCUT2D eigenvalue weighted by Crippen LogP contribution is -2.04. The van der Waals surface area contributed by atoms with Gasteiger partial charge in [-0.1, -0.05) is 26.2 Å². The summed E-state index contributed by atoms with van der Waals surface area (Å²) in [6, 6.07) is 0. The normalized spacial score (nSPS) is 10.5. The molecule has 74 valence electrons. The molecule has 2 heteroatoms. The fourth-order valence-corrected chi connectivity index (χ4v) is 0.995. The monoisotopic (exact) mass is 174 g/mol. The van der Waals surface area contributed by atoms with E-state index < -0.39 is 0 Å². The molecule has 0 aromatic carbocycles. The van der Waals surface area contributed by atoms with Crippen LogP contribution in [0.2, 0.25) is 0 Å². The van der Waals surface area contributed by atoms with E-state index >= 15 is 0 Å². The summed E-state index contributed by atoms with van der Waals surface area (Å²) in [5.41, 5.74) is 0. The van der Waals surface area contributed by atoms with Crippen molar-refractivity contribution < 1.29 is 9.47 Å². The molecule has 0 unspecified atom stereocenters. The van der Waals surface area contributed by atoms with Crippen molar-refractivity contribution in [1.29, 1.82) is 0 Å². The molecule has 0 spiro atoms. The van der Waals surface area contributed by atoms with E-state index in [1.807, 2.05) is 6.92 Å². The van der Waals surface area contributed by atoms with Crippen LogP contribution >= 0.6 is 0 Å². The summed E-state index contributed by atoms with van der Waals surface area (Å²) < 4.78 is 10.5. The smallest absolute Gasteiger partial charge is 0.0700 e. The zero-order valence-corrected chi connectivity index (χ0v) is 8.47. The molecule has 0 bridgehead atoms. The van der Waals surface area contributed by atoms with E-state index in [1.165, 1.54) is 25.7 Å². The zero-order chi connectivity index (χ0) is 9.07. The van der Waals surface area contributed by atoms with Gasteiger partial charge in [0, 0.05) is 13.2 Å². The van der Waals surface area contributed by atoms with Gasteiger partial charge in [-0.05, 0) is 13.3 Å². The van der Waals surface area contributed by atoms with Gasteiger partial charge in [-0.3, -0.25) is 0 Å². The molecule has 0 rings (SSSR count). The molecule has 0 aromatic heterocycles. The average Bonchev–Trinajstić information content (AvgIpc) is 2.10. The minimum Gasteiger partial charge on any atom is -0.379 e. The Morgan fingerprint density at radius 1 is 0.750 bits per heavy atom. The van der Waals surface area contributed by atoms with Gasteiger partial charge < -0.3 is 9.47 Å². The van der Waals surface area contributed by atoms with E-state index in [1.54, 1.807) is 0 Å². The number of ether oxygens (including phenoxy) is 2. The van der Waals surface area contributed by atoms with Gasteiger partial charge in [0.25, 0.3) is 0 Å². The van der Waals surface area contributed by atoms with E-state index in [0.29, 0.717) is 0 Å². The van der Waals surface area contributed by atoms with Crippen molar-refractivity contribution >= 4 is 0 Å². The number of hydrogen-bond acceptors (Lipinski definition) is 2. The second-order valence-electron chi connectivity index (χ2n) is 2.87. The molecule has 0 N–H and O–H groups in total. The van der Waals surface area contributed by atoms with Crippen molar-refractivity contribution in [2.75, 3.05) is 26.4 Å². The first-order valence-corrected chi connectivity index (χ1v) is 5.07. The summed E-state index contributed by atoms with van der Waals surface area (Å²) in [6.07, 6.45) is 5.11. The number of hydrogen-bond donors (Lipinski definition) is 0. The van der Waals surface area contributed by atoms with Crippen molar-refractivity contribution in [3.05, 3.63) is 0 Å². The van der Waals surface area contributed by atoms with Crippen LogP contribution in [-0.4, -0.2) is 26.4 Å². The predicted molar refractivity (Wildman–Crippen MR) is 51.5 cm³/mol. The quantitative estimate of drug-likeness (QED) is 0.500. The fourth-order valence-electron chi connectivity index (χ4n) is 0.995. The van der Waals surface area contributed by atoms with E-state index in [4.69, 9.17) is 9.47 Å². The molecule has 0 aliphatic carbocycles. The molecule has 12 heavy (non-hydrogen) atoms. The summed E-state index contributed by atoms with van der Waals surface area (Å²) in [5, 5.41) is 0. The Labute approximate surface area is 76.3 Å². The number of rotatable bonds is 9. The second-order valence-corrected chi connectivity index (χ2v) is 2.87. The summed E-state index contributed by atoms with van der Waals surface area (Å²) in [6.45, 7) is 7.40. The SMILES string of the molecule is CCCCCCOCCOCC. The second kappa shape index (κ2) is 10.9. The molecule has 0 aliphatic heterocycles. The molecule has 2 nitrogen and oxygen atoms in total. The molecule has 0 radical (unpaired) electrons. The maximum Gasteiger partial charge on any atom is 0.0700 e. The highest BCUT2D eigenvalue weighted by Crippen LogP contribution is 1.98. The van der Waals surface area contributed by atoms with Crippen molar-refractivity contribution in [2.45, 2.75) is 39.5 Å². The van der Waals surface area contributed by atoms with Crippen LogP contribution in [0.1, 0.15) is 39.5 Å². The van der Waals surface area contributed by atoms with Crippen LogP contribution in [0, 0.1) is 0 Å². The third-order valence-corrected chi connectivity index (χ3v) is 1.72. The molecule has 0 fully saturated rings. The van der Waals surface area contributed by atoms with Gasteiger partial charge in [-0.15, -0.1) is 0 Å². The first-order valence-electron chi connectivity index (χ1n) is 5.07. The highest BCUT2D eigenvalue weighted by Gasteiger charge is 1.89. The van der Waals surface area contributed by atoms with E-state index in [2.05, 4.69) is 6.92 Å². The Kier molecular flexibility index (Phi) is 10.8. The average molecular weight is 174 g/mol. The highest BCUT2D eigenvalue weighted by molar-refractivity contribution is 4.39. The van der Waals surface area contributed by atoms with Crippen LogP contribution in [0.5, 0.6) is 0 Å². The molecule has 0 aromatic rings. The van der Waals surface area contributed by atoms with Gasteiger partial charge >= 0.3 is 0 Å². The summed E-state index contributed by atoms with van der Waals surface area (Å²) in [4.78, 5) is 0. The third kappa shape index (κ3) is 9.92. The summed E-state index contributed by atoms with van der Waals surface area (Å²) in [7, 11) is 0. The Bertz CT molecular complexity index is 64.2. The molecular formula is C10H22O2. The number of unbranched alkanes of at least 4 members (excludes halogenated alkanes) is 3. The first-order chi connectivity index (χ1) is 5.91. The minimum absolute atomic E-state index is 0.740. The van der Waals surface area contributed by atoms with E-state index in [0.717, 1.165) is 26.4 Å². The first kappa shape index (κ1) is 11.9. The predicted octanol–water partition coefficient (Wildman–Crippen LogP) is 2.62. The van der Waals surface area contributed by atoms with Gasteiger partial charge in [0.05, 0.1) is 13.2 Å². The Morgan fingerprint density at radius 2 is 1.50 bits per heavy atom. The van der Waals surface area contributed by atoms with Crippen LogP contribution in [0.25, 0.3) is 0 Å². The lowest BCUT2D eigenvalue weighted by Gasteiger charge is -2.03. The van der Waals surface area contributed by atoms with Crippen molar-refractivity contribution in [1.82, 2.24) is 0 Å². The molecule has 0 amide bonds.